The highest BCUT2D eigenvalue weighted by molar-refractivity contribution is 5.97. The van der Waals surface area contributed by atoms with E-state index in [0.717, 1.165) is 17.5 Å². The summed E-state index contributed by atoms with van der Waals surface area (Å²) < 4.78 is 5.75. The number of hydrogen-bond donors (Lipinski definition) is 2. The summed E-state index contributed by atoms with van der Waals surface area (Å²) in [6.07, 6.45) is 3.00. The van der Waals surface area contributed by atoms with E-state index in [-0.39, 0.29) is 30.2 Å². The second-order valence-corrected chi connectivity index (χ2v) is 10.0. The number of carbonyl (C=O) groups is 3. The molecule has 1 aromatic heterocycles. The topological polar surface area (TPSA) is 115 Å². The Labute approximate surface area is 208 Å². The lowest BCUT2D eigenvalue weighted by Crippen LogP contribution is -2.48. The number of nitrogens with zero attached hydrogens (tertiary/aromatic N) is 4. The Balaban J connectivity index is 1.13. The number of carboxylic acid groups (broad SMARTS) is 1. The van der Waals surface area contributed by atoms with Gasteiger partial charge in [-0.15, -0.1) is 0 Å². The molecule has 36 heavy (non-hydrogen) atoms. The Morgan fingerprint density at radius 3 is 2.67 bits per heavy atom. The highest BCUT2D eigenvalue weighted by atomic mass is 16.6. The normalized spacial score (nSPS) is 23.6. The van der Waals surface area contributed by atoms with Crippen molar-refractivity contribution in [2.24, 2.45) is 0 Å². The number of benzene rings is 1. The van der Waals surface area contributed by atoms with Crippen molar-refractivity contribution in [3.63, 3.8) is 0 Å². The molecule has 0 spiro atoms. The van der Waals surface area contributed by atoms with Crippen LogP contribution in [0.4, 0.5) is 15.4 Å². The van der Waals surface area contributed by atoms with Crippen LogP contribution >= 0.6 is 0 Å². The zero-order chi connectivity index (χ0) is 24.8. The summed E-state index contributed by atoms with van der Waals surface area (Å²) in [5.74, 6) is 0.549. The predicted molar refractivity (Wildman–Crippen MR) is 130 cm³/mol. The van der Waals surface area contributed by atoms with Gasteiger partial charge in [-0.3, -0.25) is 9.69 Å². The van der Waals surface area contributed by atoms with Gasteiger partial charge in [-0.25, -0.2) is 14.6 Å². The minimum atomic E-state index is -0.889. The largest absolute Gasteiger partial charge is 0.465 e. The van der Waals surface area contributed by atoms with Gasteiger partial charge in [0.25, 0.3) is 5.91 Å². The van der Waals surface area contributed by atoms with E-state index in [9.17, 15) is 14.4 Å². The first-order chi connectivity index (χ1) is 17.5. The molecular weight excluding hydrogens is 462 g/mol. The number of amides is 3. The van der Waals surface area contributed by atoms with Crippen LogP contribution in [-0.2, 0) is 24.1 Å². The molecule has 5 heterocycles. The fourth-order valence-electron chi connectivity index (χ4n) is 5.82. The van der Waals surface area contributed by atoms with E-state index in [2.05, 4.69) is 16.4 Å². The number of likely N-dealkylation sites (tertiary alicyclic amines) is 1. The fraction of sp³-hybridized carbons (Fsp3) is 0.462. The fourth-order valence-corrected chi connectivity index (χ4v) is 5.82. The van der Waals surface area contributed by atoms with E-state index in [4.69, 9.17) is 9.84 Å². The van der Waals surface area contributed by atoms with Crippen molar-refractivity contribution < 1.29 is 24.2 Å². The Morgan fingerprint density at radius 2 is 1.89 bits per heavy atom. The zero-order valence-corrected chi connectivity index (χ0v) is 19.9. The van der Waals surface area contributed by atoms with Crippen LogP contribution in [0.3, 0.4) is 0 Å². The molecule has 188 valence electrons. The van der Waals surface area contributed by atoms with Crippen LogP contribution in [-0.4, -0.2) is 87.3 Å². The quantitative estimate of drug-likeness (QED) is 0.676. The van der Waals surface area contributed by atoms with Gasteiger partial charge in [0.05, 0.1) is 12.6 Å². The van der Waals surface area contributed by atoms with Gasteiger partial charge < -0.3 is 25.0 Å². The Morgan fingerprint density at radius 1 is 1.11 bits per heavy atom. The van der Waals surface area contributed by atoms with Gasteiger partial charge in [0.15, 0.2) is 0 Å². The third-order valence-corrected chi connectivity index (χ3v) is 7.88. The van der Waals surface area contributed by atoms with Crippen molar-refractivity contribution in [3.05, 3.63) is 58.8 Å². The molecule has 4 aliphatic heterocycles. The summed E-state index contributed by atoms with van der Waals surface area (Å²) in [6.45, 7) is 2.43. The molecule has 2 saturated heterocycles. The third kappa shape index (κ3) is 4.10. The number of cyclic esters (lactones) is 1. The first-order valence-electron chi connectivity index (χ1n) is 12.5. The first kappa shape index (κ1) is 22.6. The molecule has 10 nitrogen and oxygen atoms in total. The highest BCUT2D eigenvalue weighted by Gasteiger charge is 2.45. The number of ether oxygens (including phenoxy) is 1. The lowest BCUT2D eigenvalue weighted by Gasteiger charge is -2.34. The van der Waals surface area contributed by atoms with Crippen molar-refractivity contribution in [2.45, 2.75) is 50.4 Å². The van der Waals surface area contributed by atoms with Crippen molar-refractivity contribution in [1.82, 2.24) is 19.7 Å². The monoisotopic (exact) mass is 491 g/mol. The number of anilines is 1. The summed E-state index contributed by atoms with van der Waals surface area (Å²) in [4.78, 5) is 46.7. The van der Waals surface area contributed by atoms with E-state index >= 15 is 0 Å². The molecule has 2 fully saturated rings. The average Bonchev–Trinajstić information content (AvgIpc) is 3.19. The molecule has 0 bridgehead atoms. The summed E-state index contributed by atoms with van der Waals surface area (Å²) in [6, 6.07) is 9.98. The van der Waals surface area contributed by atoms with Gasteiger partial charge in [-0.05, 0) is 48.4 Å². The number of nitrogens with one attached hydrogen (secondary N) is 1. The highest BCUT2D eigenvalue weighted by Crippen LogP contribution is 2.32. The first-order valence-corrected chi connectivity index (χ1v) is 12.5. The lowest BCUT2D eigenvalue weighted by molar-refractivity contribution is 0.0586. The summed E-state index contributed by atoms with van der Waals surface area (Å²) in [7, 11) is 0. The summed E-state index contributed by atoms with van der Waals surface area (Å²) in [5, 5.41) is 12.5. The Bertz CT molecular complexity index is 1210. The second kappa shape index (κ2) is 9.00. The van der Waals surface area contributed by atoms with Crippen molar-refractivity contribution in [3.8, 4) is 0 Å². The van der Waals surface area contributed by atoms with E-state index in [1.807, 2.05) is 18.2 Å². The summed E-state index contributed by atoms with van der Waals surface area (Å²) >= 11 is 0. The van der Waals surface area contributed by atoms with Crippen LogP contribution in [0.15, 0.2) is 36.5 Å². The van der Waals surface area contributed by atoms with Gasteiger partial charge in [-0.1, -0.05) is 24.3 Å². The van der Waals surface area contributed by atoms with E-state index in [0.29, 0.717) is 63.4 Å². The number of carbonyl (C=O) groups excluding carboxylic acids is 2. The maximum Gasteiger partial charge on any atom is 0.410 e. The van der Waals surface area contributed by atoms with Gasteiger partial charge >= 0.3 is 12.2 Å². The van der Waals surface area contributed by atoms with Gasteiger partial charge in [-0.2, -0.15) is 0 Å². The van der Waals surface area contributed by atoms with Crippen molar-refractivity contribution in [1.29, 1.82) is 0 Å². The van der Waals surface area contributed by atoms with Crippen LogP contribution in [0, 0.1) is 0 Å². The molecular formula is C26H29N5O5. The maximum absolute atomic E-state index is 13.5. The van der Waals surface area contributed by atoms with Crippen LogP contribution < -0.4 is 5.32 Å². The molecule has 1 aromatic carbocycles. The minimum Gasteiger partial charge on any atom is -0.465 e. The number of fused-ring (bicyclic) bond motifs is 3. The van der Waals surface area contributed by atoms with E-state index < -0.39 is 6.09 Å². The SMILES string of the molecule is O=C(O)N1CCC(Nc2cc3c(cn2)CCN(CC2OC(=O)N4Cc5ccccc5C[C@@H]24)C3=O)CC1. The number of rotatable bonds is 4. The Hall–Kier alpha value is -3.82. The third-order valence-electron chi connectivity index (χ3n) is 7.88. The molecule has 6 rings (SSSR count). The zero-order valence-electron chi connectivity index (χ0n) is 19.9. The molecule has 1 unspecified atom stereocenters. The molecule has 2 aromatic rings. The molecule has 0 saturated carbocycles. The summed E-state index contributed by atoms with van der Waals surface area (Å²) in [5.41, 5.74) is 3.92. The Kier molecular flexibility index (Phi) is 5.66. The van der Waals surface area contributed by atoms with Crippen molar-refractivity contribution in [2.75, 3.05) is 31.5 Å². The van der Waals surface area contributed by atoms with Crippen LogP contribution in [0.5, 0.6) is 0 Å². The molecule has 2 N–H and O–H groups in total. The number of aromatic nitrogens is 1. The molecule has 2 atom stereocenters. The molecule has 0 radical (unpaired) electrons. The number of hydrogen-bond acceptors (Lipinski definition) is 6. The van der Waals surface area contributed by atoms with Crippen LogP contribution in [0.2, 0.25) is 0 Å². The molecule has 10 heteroatoms. The van der Waals surface area contributed by atoms with Crippen molar-refractivity contribution >= 4 is 23.9 Å². The standard InChI is InChI=1S/C26H29N5O5/c32-24-20-12-23(28-19-6-9-29(10-7-19)25(33)34)27-13-17(20)5-8-30(24)15-22-21-11-16-3-1-2-4-18(16)14-31(21)26(35)36-22/h1-4,12-13,19,21-22H,5-11,14-15H2,(H,27,28)(H,33,34)/t21-,22?/m0/s1. The smallest absolute Gasteiger partial charge is 0.410 e. The minimum absolute atomic E-state index is 0.0758. The molecule has 0 aliphatic carbocycles. The molecule has 3 amide bonds. The van der Waals surface area contributed by atoms with Crippen LogP contribution in [0.25, 0.3) is 0 Å². The molecule has 4 aliphatic rings. The van der Waals surface area contributed by atoms with Crippen LogP contribution in [0.1, 0.15) is 39.9 Å². The predicted octanol–water partition coefficient (Wildman–Crippen LogP) is 2.58. The second-order valence-electron chi connectivity index (χ2n) is 10.0. The average molecular weight is 492 g/mol. The van der Waals surface area contributed by atoms with Gasteiger partial charge in [0.2, 0.25) is 0 Å². The van der Waals surface area contributed by atoms with Gasteiger partial charge in [0.1, 0.15) is 11.9 Å². The maximum atomic E-state index is 13.5. The number of piperidine rings is 1. The lowest BCUT2D eigenvalue weighted by atomic mass is 9.91. The number of pyridine rings is 1. The van der Waals surface area contributed by atoms with Gasteiger partial charge in [0, 0.05) is 44.0 Å². The van der Waals surface area contributed by atoms with E-state index in [1.54, 1.807) is 22.1 Å². The van der Waals surface area contributed by atoms with E-state index in [1.165, 1.54) is 10.5 Å².